The highest BCUT2D eigenvalue weighted by Gasteiger charge is 2.51. The maximum absolute atomic E-state index is 14.0. The number of carbonyl (C=O) groups excluding carboxylic acids is 3. The summed E-state index contributed by atoms with van der Waals surface area (Å²) >= 11 is 0. The first-order valence-electron chi connectivity index (χ1n) is 13.4. The topological polar surface area (TPSA) is 98.7 Å². The van der Waals surface area contributed by atoms with Crippen LogP contribution in [-0.4, -0.2) is 40.4 Å². The molecule has 2 unspecified atom stereocenters. The van der Waals surface area contributed by atoms with E-state index in [9.17, 15) is 28.4 Å². The summed E-state index contributed by atoms with van der Waals surface area (Å²) in [6.07, 6.45) is 6.46. The number of nitrogens with zero attached hydrogens (tertiary/aromatic N) is 1. The van der Waals surface area contributed by atoms with E-state index in [1.165, 1.54) is 36.4 Å². The molecule has 0 spiro atoms. The zero-order chi connectivity index (χ0) is 27.1. The minimum absolute atomic E-state index is 0.0187. The first-order valence-corrected chi connectivity index (χ1v) is 13.4. The Morgan fingerprint density at radius 3 is 2.26 bits per heavy atom. The van der Waals surface area contributed by atoms with Crippen LogP contribution in [0.3, 0.4) is 0 Å². The van der Waals surface area contributed by atoms with Crippen molar-refractivity contribution in [3.63, 3.8) is 0 Å². The number of hydrogen-bond donors (Lipinski definition) is 3. The first-order chi connectivity index (χ1) is 18.3. The average molecular weight is 528 g/mol. The number of aryl methyl sites for hydroxylation is 1. The summed E-state index contributed by atoms with van der Waals surface area (Å²) in [5, 5.41) is 12.1. The lowest BCUT2D eigenvalue weighted by Crippen LogP contribution is -2.52. The van der Waals surface area contributed by atoms with Gasteiger partial charge in [0, 0.05) is 18.7 Å². The number of likely N-dealkylation sites (tertiary alicyclic amines) is 1. The zero-order valence-electron chi connectivity index (χ0n) is 21.4. The van der Waals surface area contributed by atoms with E-state index in [0.29, 0.717) is 37.9 Å². The van der Waals surface area contributed by atoms with Gasteiger partial charge in [-0.05, 0) is 86.4 Å². The van der Waals surface area contributed by atoms with Crippen molar-refractivity contribution >= 4 is 23.4 Å². The van der Waals surface area contributed by atoms with E-state index in [2.05, 4.69) is 5.32 Å². The molecule has 0 radical (unpaired) electrons. The van der Waals surface area contributed by atoms with Crippen LogP contribution in [0, 0.1) is 23.0 Å². The number of halogens is 2. The molecule has 2 atom stereocenters. The fraction of sp³-hybridized carbons (Fsp3) is 0.483. The van der Waals surface area contributed by atoms with Crippen molar-refractivity contribution in [3.05, 3.63) is 65.7 Å². The molecule has 0 aromatic heterocycles. The number of anilines is 1. The van der Waals surface area contributed by atoms with Crippen molar-refractivity contribution in [2.24, 2.45) is 11.3 Å². The number of benzene rings is 2. The Morgan fingerprint density at radius 1 is 1.00 bits per heavy atom. The van der Waals surface area contributed by atoms with Gasteiger partial charge in [0.05, 0.1) is 5.41 Å². The number of rotatable bonds is 10. The second-order valence-electron chi connectivity index (χ2n) is 10.6. The second-order valence-corrected chi connectivity index (χ2v) is 10.6. The van der Waals surface area contributed by atoms with Crippen molar-refractivity contribution in [3.8, 4) is 0 Å². The van der Waals surface area contributed by atoms with Crippen LogP contribution < -0.4 is 10.8 Å². The molecular formula is C29H35F2N3O4. The van der Waals surface area contributed by atoms with Crippen molar-refractivity contribution in [2.75, 3.05) is 11.9 Å². The first kappa shape index (κ1) is 27.7. The van der Waals surface area contributed by atoms with E-state index in [0.717, 1.165) is 37.7 Å². The van der Waals surface area contributed by atoms with Gasteiger partial charge >= 0.3 is 0 Å². The normalized spacial score (nSPS) is 20.8. The molecule has 1 aliphatic heterocycles. The van der Waals surface area contributed by atoms with Gasteiger partial charge in [0.15, 0.2) is 0 Å². The van der Waals surface area contributed by atoms with Crippen LogP contribution in [0.1, 0.15) is 63.4 Å². The Labute approximate surface area is 221 Å². The van der Waals surface area contributed by atoms with Crippen LogP contribution in [0.25, 0.3) is 0 Å². The molecule has 9 heteroatoms. The fourth-order valence-electron chi connectivity index (χ4n) is 6.04. The van der Waals surface area contributed by atoms with E-state index in [4.69, 9.17) is 0 Å². The predicted molar refractivity (Wildman–Crippen MR) is 138 cm³/mol. The van der Waals surface area contributed by atoms with Crippen molar-refractivity contribution in [1.82, 2.24) is 10.4 Å². The molecule has 2 aliphatic rings. The summed E-state index contributed by atoms with van der Waals surface area (Å²) in [5.74, 6) is -1.97. The molecule has 204 valence electrons. The van der Waals surface area contributed by atoms with Gasteiger partial charge in [-0.15, -0.1) is 0 Å². The number of carbonyl (C=O) groups is 3. The summed E-state index contributed by atoms with van der Waals surface area (Å²) < 4.78 is 26.7. The van der Waals surface area contributed by atoms with Gasteiger partial charge in [-0.1, -0.05) is 31.4 Å². The monoisotopic (exact) mass is 527 g/mol. The number of hydroxylamine groups is 1. The lowest BCUT2D eigenvalue weighted by atomic mass is 9.77. The minimum atomic E-state index is -1.05. The lowest BCUT2D eigenvalue weighted by molar-refractivity contribution is -0.147. The summed E-state index contributed by atoms with van der Waals surface area (Å²) in [6, 6.07) is 11.0. The largest absolute Gasteiger partial charge is 0.330 e. The van der Waals surface area contributed by atoms with Gasteiger partial charge in [0.2, 0.25) is 17.7 Å². The predicted octanol–water partition coefficient (Wildman–Crippen LogP) is 4.99. The summed E-state index contributed by atoms with van der Waals surface area (Å²) in [5.41, 5.74) is 1.99. The van der Waals surface area contributed by atoms with Crippen molar-refractivity contribution in [1.29, 1.82) is 0 Å². The molecule has 2 fully saturated rings. The van der Waals surface area contributed by atoms with Gasteiger partial charge in [0.1, 0.15) is 17.7 Å². The minimum Gasteiger partial charge on any atom is -0.330 e. The highest BCUT2D eigenvalue weighted by Crippen LogP contribution is 2.43. The molecule has 0 bridgehead atoms. The standard InChI is InChI=1S/C29H35F2N3O4/c30-22-10-8-20(9-11-22)5-4-16-29(19-25(35)33-38)17-18-34(28(29)37)26(21-6-2-1-3-7-21)27(36)32-24-14-12-23(31)13-15-24/h8-15,21,26,38H,1-7,16-19H2,(H,32,36)(H,33,35). The number of hydrogen-bond acceptors (Lipinski definition) is 4. The van der Waals surface area contributed by atoms with Gasteiger partial charge in [0.25, 0.3) is 0 Å². The molecule has 3 N–H and O–H groups in total. The van der Waals surface area contributed by atoms with E-state index in [1.54, 1.807) is 22.5 Å². The lowest BCUT2D eigenvalue weighted by Gasteiger charge is -2.37. The van der Waals surface area contributed by atoms with Crippen LogP contribution in [-0.2, 0) is 20.8 Å². The average Bonchev–Trinajstić information content (AvgIpc) is 3.22. The van der Waals surface area contributed by atoms with Crippen molar-refractivity contribution in [2.45, 2.75) is 70.3 Å². The fourth-order valence-corrected chi connectivity index (χ4v) is 6.04. The highest BCUT2D eigenvalue weighted by atomic mass is 19.1. The van der Waals surface area contributed by atoms with Crippen LogP contribution >= 0.6 is 0 Å². The molecule has 2 aromatic rings. The molecular weight excluding hydrogens is 492 g/mol. The van der Waals surface area contributed by atoms with E-state index < -0.39 is 23.2 Å². The van der Waals surface area contributed by atoms with Crippen LogP contribution in [0.5, 0.6) is 0 Å². The third-order valence-corrected chi connectivity index (χ3v) is 8.02. The third-order valence-electron chi connectivity index (χ3n) is 8.02. The maximum Gasteiger partial charge on any atom is 0.247 e. The Balaban J connectivity index is 1.54. The quantitative estimate of drug-likeness (QED) is 0.300. The second kappa shape index (κ2) is 12.5. The maximum atomic E-state index is 14.0. The van der Waals surface area contributed by atoms with Gasteiger partial charge in [-0.25, -0.2) is 14.3 Å². The van der Waals surface area contributed by atoms with Gasteiger partial charge < -0.3 is 10.2 Å². The molecule has 1 aliphatic carbocycles. The van der Waals surface area contributed by atoms with E-state index >= 15 is 0 Å². The molecule has 4 rings (SSSR count). The summed E-state index contributed by atoms with van der Waals surface area (Å²) in [6.45, 7) is 0.325. The summed E-state index contributed by atoms with van der Waals surface area (Å²) in [4.78, 5) is 41.5. The summed E-state index contributed by atoms with van der Waals surface area (Å²) in [7, 11) is 0. The van der Waals surface area contributed by atoms with Crippen LogP contribution in [0.2, 0.25) is 0 Å². The molecule has 7 nitrogen and oxygen atoms in total. The molecule has 1 saturated heterocycles. The van der Waals surface area contributed by atoms with Gasteiger partial charge in [-0.3, -0.25) is 19.6 Å². The Kier molecular flexibility index (Phi) is 9.09. The van der Waals surface area contributed by atoms with Crippen LogP contribution in [0.4, 0.5) is 14.5 Å². The van der Waals surface area contributed by atoms with Crippen LogP contribution in [0.15, 0.2) is 48.5 Å². The molecule has 3 amide bonds. The van der Waals surface area contributed by atoms with E-state index in [1.807, 2.05) is 0 Å². The third kappa shape index (κ3) is 6.56. The highest BCUT2D eigenvalue weighted by molar-refractivity contribution is 5.99. The van der Waals surface area contributed by atoms with Crippen molar-refractivity contribution < 1.29 is 28.4 Å². The Hall–Kier alpha value is -3.33. The smallest absolute Gasteiger partial charge is 0.247 e. The number of nitrogens with one attached hydrogen (secondary N) is 2. The molecule has 1 saturated carbocycles. The molecule has 2 aromatic carbocycles. The zero-order valence-corrected chi connectivity index (χ0v) is 21.4. The Morgan fingerprint density at radius 2 is 1.63 bits per heavy atom. The van der Waals surface area contributed by atoms with Gasteiger partial charge in [-0.2, -0.15) is 0 Å². The van der Waals surface area contributed by atoms with E-state index in [-0.39, 0.29) is 30.0 Å². The SMILES string of the molecule is O=C(CC1(CCCc2ccc(F)cc2)CCN(C(C(=O)Nc2ccc(F)cc2)C2CCCCC2)C1=O)NO. The molecule has 38 heavy (non-hydrogen) atoms. The Bertz CT molecular complexity index is 1120. The molecule has 1 heterocycles. The number of amides is 3.